The van der Waals surface area contributed by atoms with Gasteiger partial charge in [0.25, 0.3) is 0 Å². The fourth-order valence-electron chi connectivity index (χ4n) is 6.49. The van der Waals surface area contributed by atoms with E-state index in [0.29, 0.717) is 11.1 Å². The first kappa shape index (κ1) is 22.0. The Morgan fingerprint density at radius 2 is 1.49 bits per heavy atom. The molecule has 0 saturated carbocycles. The number of ketones is 1. The number of Topliss-reactive ketones (excluding diaryl/α,β-unsaturated/α-hetero) is 1. The van der Waals surface area contributed by atoms with Gasteiger partial charge in [-0.25, -0.2) is 4.90 Å². The van der Waals surface area contributed by atoms with Crippen molar-refractivity contribution in [2.75, 3.05) is 4.90 Å². The summed E-state index contributed by atoms with van der Waals surface area (Å²) in [5.74, 6) is -4.06. The molecule has 0 spiro atoms. The minimum absolute atomic E-state index is 0.211. The first-order valence-corrected chi connectivity index (χ1v) is 11.4. The molecule has 3 aliphatic carbocycles. The van der Waals surface area contributed by atoms with Crippen LogP contribution in [0.1, 0.15) is 40.7 Å². The minimum atomic E-state index is -4.77. The third kappa shape index (κ3) is 2.62. The lowest BCUT2D eigenvalue weighted by Gasteiger charge is -2.52. The van der Waals surface area contributed by atoms with Gasteiger partial charge in [0.2, 0.25) is 11.8 Å². The average Bonchev–Trinajstić information content (AvgIpc) is 3.09. The topological polar surface area (TPSA) is 54.5 Å². The molecule has 1 aliphatic heterocycles. The number of benzene rings is 3. The van der Waals surface area contributed by atoms with Crippen molar-refractivity contribution >= 4 is 34.9 Å². The molecule has 4 aliphatic rings. The molecule has 3 aromatic rings. The van der Waals surface area contributed by atoms with Gasteiger partial charge < -0.3 is 0 Å². The number of nitrogens with zero attached hydrogens (tertiary/aromatic N) is 1. The van der Waals surface area contributed by atoms with Crippen LogP contribution in [0.2, 0.25) is 5.02 Å². The number of anilines is 1. The summed E-state index contributed by atoms with van der Waals surface area (Å²) in [6.07, 6.45) is -4.77. The molecule has 1 saturated heterocycles. The van der Waals surface area contributed by atoms with Gasteiger partial charge in [-0.2, -0.15) is 13.2 Å². The van der Waals surface area contributed by atoms with Crippen LogP contribution in [-0.2, 0) is 26.0 Å². The second kappa shape index (κ2) is 7.04. The Hall–Kier alpha value is -3.45. The number of hydrogen-bond acceptors (Lipinski definition) is 3. The van der Waals surface area contributed by atoms with Gasteiger partial charge in [0.05, 0.1) is 33.5 Å². The lowest BCUT2D eigenvalue weighted by molar-refractivity contribution is -0.137. The van der Waals surface area contributed by atoms with Gasteiger partial charge in [0, 0.05) is 5.92 Å². The van der Waals surface area contributed by atoms with Crippen molar-refractivity contribution in [2.24, 2.45) is 11.8 Å². The summed E-state index contributed by atoms with van der Waals surface area (Å²) >= 11 is 5.77. The third-order valence-electron chi connectivity index (χ3n) is 7.69. The highest BCUT2D eigenvalue weighted by molar-refractivity contribution is 6.32. The fraction of sp³-hybridized carbons (Fsp3) is 0.222. The molecule has 8 heteroatoms. The average molecular weight is 496 g/mol. The van der Waals surface area contributed by atoms with E-state index in [9.17, 15) is 27.6 Å². The Kier molecular flexibility index (Phi) is 4.43. The first-order chi connectivity index (χ1) is 16.6. The van der Waals surface area contributed by atoms with E-state index >= 15 is 0 Å². The largest absolute Gasteiger partial charge is 0.417 e. The predicted molar refractivity (Wildman–Crippen MR) is 122 cm³/mol. The van der Waals surface area contributed by atoms with E-state index in [4.69, 9.17) is 11.6 Å². The van der Waals surface area contributed by atoms with E-state index in [2.05, 4.69) is 0 Å². The fourth-order valence-corrected chi connectivity index (χ4v) is 6.72. The van der Waals surface area contributed by atoms with Gasteiger partial charge in [0.15, 0.2) is 0 Å². The first-order valence-electron chi connectivity index (χ1n) is 11.0. The van der Waals surface area contributed by atoms with E-state index in [1.54, 1.807) is 24.3 Å². The molecule has 176 valence electrons. The van der Waals surface area contributed by atoms with Crippen molar-refractivity contribution < 1.29 is 27.6 Å². The molecule has 3 aromatic carbocycles. The summed E-state index contributed by atoms with van der Waals surface area (Å²) in [4.78, 5) is 42.1. The van der Waals surface area contributed by atoms with E-state index in [-0.39, 0.29) is 11.5 Å². The standard InChI is InChI=1S/C27H17ClF3NO3/c1-13(33)26-17-8-4-2-6-15(17)21(16-7-3-5-9-18(16)26)22-23(26)25(35)32(24(22)34)14-10-11-20(28)19(12-14)27(29,30)31/h2-12,21-23H,1H3/t21?,22-,23+,26?/m0/s1. The molecule has 4 nitrogen and oxygen atoms in total. The molecule has 2 atom stereocenters. The molecule has 2 bridgehead atoms. The van der Waals surface area contributed by atoms with Crippen LogP contribution in [0.15, 0.2) is 66.7 Å². The normalized spacial score (nSPS) is 26.4. The zero-order valence-corrected chi connectivity index (χ0v) is 19.0. The maximum atomic E-state index is 14.0. The van der Waals surface area contributed by atoms with Crippen molar-refractivity contribution in [1.29, 1.82) is 0 Å². The van der Waals surface area contributed by atoms with Gasteiger partial charge >= 0.3 is 6.18 Å². The summed E-state index contributed by atoms with van der Waals surface area (Å²) in [6, 6.07) is 17.5. The number of halogens is 4. The lowest BCUT2D eigenvalue weighted by Crippen LogP contribution is -2.57. The van der Waals surface area contributed by atoms with Gasteiger partial charge in [-0.15, -0.1) is 0 Å². The number of imide groups is 1. The number of amides is 2. The SMILES string of the molecule is CC(=O)C12c3ccccc3C(c3ccccc31)[C@@H]1C(=O)N(c3ccc(Cl)c(C(F)(F)F)c3)C(=O)[C@@H]12. The van der Waals surface area contributed by atoms with Crippen molar-refractivity contribution in [2.45, 2.75) is 24.4 Å². The minimum Gasteiger partial charge on any atom is -0.299 e. The third-order valence-corrected chi connectivity index (χ3v) is 8.02. The molecule has 0 N–H and O–H groups in total. The smallest absolute Gasteiger partial charge is 0.299 e. The van der Waals surface area contributed by atoms with Gasteiger partial charge in [-0.3, -0.25) is 14.4 Å². The van der Waals surface area contributed by atoms with Crippen molar-refractivity contribution in [3.8, 4) is 0 Å². The maximum Gasteiger partial charge on any atom is 0.417 e. The van der Waals surface area contributed by atoms with Crippen LogP contribution in [0.3, 0.4) is 0 Å². The van der Waals surface area contributed by atoms with Crippen LogP contribution in [-0.4, -0.2) is 17.6 Å². The summed E-state index contributed by atoms with van der Waals surface area (Å²) in [5.41, 5.74) is 0.170. The van der Waals surface area contributed by atoms with Crippen LogP contribution in [0.4, 0.5) is 18.9 Å². The molecule has 35 heavy (non-hydrogen) atoms. The molecule has 1 fully saturated rings. The van der Waals surface area contributed by atoms with Crippen LogP contribution < -0.4 is 4.90 Å². The molecule has 1 heterocycles. The lowest BCUT2D eigenvalue weighted by atomic mass is 9.46. The number of alkyl halides is 3. The molecular weight excluding hydrogens is 479 g/mol. The van der Waals surface area contributed by atoms with Crippen LogP contribution in [0.25, 0.3) is 0 Å². The number of rotatable bonds is 2. The molecule has 0 aromatic heterocycles. The van der Waals surface area contributed by atoms with Gasteiger partial charge in [-0.05, 0) is 47.4 Å². The Morgan fingerprint density at radius 1 is 0.914 bits per heavy atom. The molecule has 0 unspecified atom stereocenters. The quantitative estimate of drug-likeness (QED) is 0.441. The highest BCUT2D eigenvalue weighted by atomic mass is 35.5. The second-order valence-electron chi connectivity index (χ2n) is 9.19. The van der Waals surface area contributed by atoms with E-state index in [1.165, 1.54) is 13.0 Å². The molecule has 0 radical (unpaired) electrons. The number of carbonyl (C=O) groups is 3. The Bertz CT molecular complexity index is 1420. The van der Waals surface area contributed by atoms with Crippen LogP contribution in [0.5, 0.6) is 0 Å². The summed E-state index contributed by atoms with van der Waals surface area (Å²) in [5, 5.41) is -0.530. The Balaban J connectivity index is 1.61. The maximum absolute atomic E-state index is 14.0. The summed E-state index contributed by atoms with van der Waals surface area (Å²) in [6.45, 7) is 1.40. The Morgan fingerprint density at radius 3 is 2.03 bits per heavy atom. The van der Waals surface area contributed by atoms with E-state index < -0.39 is 51.7 Å². The summed E-state index contributed by atoms with van der Waals surface area (Å²) < 4.78 is 40.6. The second-order valence-corrected chi connectivity index (χ2v) is 9.60. The zero-order chi connectivity index (χ0) is 24.9. The molecular formula is C27H17ClF3NO3. The van der Waals surface area contributed by atoms with Crippen molar-refractivity contribution in [3.63, 3.8) is 0 Å². The van der Waals surface area contributed by atoms with Crippen LogP contribution in [0, 0.1) is 11.8 Å². The van der Waals surface area contributed by atoms with E-state index in [0.717, 1.165) is 28.2 Å². The van der Waals surface area contributed by atoms with Crippen molar-refractivity contribution in [1.82, 2.24) is 0 Å². The van der Waals surface area contributed by atoms with Gasteiger partial charge in [0.1, 0.15) is 5.78 Å². The molecule has 2 amide bonds. The Labute approximate surface area is 203 Å². The monoisotopic (exact) mass is 495 g/mol. The molecule has 7 rings (SSSR count). The van der Waals surface area contributed by atoms with E-state index in [1.807, 2.05) is 24.3 Å². The number of hydrogen-bond donors (Lipinski definition) is 0. The highest BCUT2D eigenvalue weighted by Gasteiger charge is 2.70. The zero-order valence-electron chi connectivity index (χ0n) is 18.3. The van der Waals surface area contributed by atoms with Gasteiger partial charge in [-0.1, -0.05) is 60.1 Å². The predicted octanol–water partition coefficient (Wildman–Crippen LogP) is 5.50. The summed E-state index contributed by atoms with van der Waals surface area (Å²) in [7, 11) is 0. The number of carbonyl (C=O) groups excluding carboxylic acids is 3. The van der Waals surface area contributed by atoms with Crippen LogP contribution >= 0.6 is 11.6 Å². The highest BCUT2D eigenvalue weighted by Crippen LogP contribution is 2.64. The van der Waals surface area contributed by atoms with Crippen molar-refractivity contribution in [3.05, 3.63) is 99.6 Å².